The van der Waals surface area contributed by atoms with E-state index in [1.54, 1.807) is 30.6 Å². The van der Waals surface area contributed by atoms with Crippen LogP contribution in [0, 0.1) is 0 Å². The van der Waals surface area contributed by atoms with E-state index >= 15 is 0 Å². The topological polar surface area (TPSA) is 41.9 Å². The third kappa shape index (κ3) is 4.88. The second-order valence-corrected chi connectivity index (χ2v) is 7.10. The highest BCUT2D eigenvalue weighted by Crippen LogP contribution is 2.33. The third-order valence-corrected chi connectivity index (χ3v) is 4.77. The summed E-state index contributed by atoms with van der Waals surface area (Å²) < 4.78 is 39.7. The molecule has 0 atom stereocenters. The first-order valence-electron chi connectivity index (χ1n) is 9.62. The van der Waals surface area contributed by atoms with Crippen molar-refractivity contribution in [3.63, 3.8) is 0 Å². The molecular weight excluding hydrogens is 401 g/mol. The minimum Gasteiger partial charge on any atom is -0.355 e. The molecule has 0 fully saturated rings. The molecule has 0 bridgehead atoms. The number of benzene rings is 2. The molecule has 0 radical (unpaired) electrons. The van der Waals surface area contributed by atoms with Crippen molar-refractivity contribution in [1.29, 1.82) is 0 Å². The number of anilines is 1. The van der Waals surface area contributed by atoms with Crippen LogP contribution in [-0.2, 0) is 12.7 Å². The van der Waals surface area contributed by atoms with Crippen LogP contribution in [0.15, 0.2) is 85.2 Å². The molecule has 31 heavy (non-hydrogen) atoms. The van der Waals surface area contributed by atoms with Crippen LogP contribution in [0.25, 0.3) is 22.6 Å². The summed E-state index contributed by atoms with van der Waals surface area (Å²) in [6.45, 7) is 0.590. The number of hydrogen-bond donors (Lipinski definition) is 0. The lowest BCUT2D eigenvalue weighted by Gasteiger charge is -2.20. The van der Waals surface area contributed by atoms with Crippen LogP contribution in [0.2, 0.25) is 0 Å². The van der Waals surface area contributed by atoms with Gasteiger partial charge in [-0.25, -0.2) is 9.97 Å². The van der Waals surface area contributed by atoms with Gasteiger partial charge in [0.1, 0.15) is 5.82 Å². The predicted octanol–water partition coefficient (Wildman–Crippen LogP) is 5.86. The zero-order chi connectivity index (χ0) is 21.8. The molecule has 0 aliphatic heterocycles. The number of aromatic nitrogens is 3. The summed E-state index contributed by atoms with van der Waals surface area (Å²) in [6.07, 6.45) is -1.16. The van der Waals surface area contributed by atoms with Crippen LogP contribution in [0.4, 0.5) is 19.0 Å². The molecule has 0 saturated heterocycles. The van der Waals surface area contributed by atoms with E-state index in [2.05, 4.69) is 15.0 Å². The Morgan fingerprint density at radius 3 is 2.32 bits per heavy atom. The van der Waals surface area contributed by atoms with Gasteiger partial charge in [0.2, 0.25) is 0 Å². The third-order valence-electron chi connectivity index (χ3n) is 4.77. The highest BCUT2D eigenvalue weighted by Gasteiger charge is 2.30. The van der Waals surface area contributed by atoms with Gasteiger partial charge < -0.3 is 4.90 Å². The van der Waals surface area contributed by atoms with E-state index < -0.39 is 11.7 Å². The van der Waals surface area contributed by atoms with E-state index in [1.807, 2.05) is 48.3 Å². The monoisotopic (exact) mass is 420 g/mol. The van der Waals surface area contributed by atoms with Crippen LogP contribution in [0.5, 0.6) is 0 Å². The number of alkyl halides is 3. The van der Waals surface area contributed by atoms with Crippen molar-refractivity contribution >= 4 is 5.82 Å². The van der Waals surface area contributed by atoms with Gasteiger partial charge in [-0.15, -0.1) is 0 Å². The predicted molar refractivity (Wildman–Crippen MR) is 114 cm³/mol. The maximum atomic E-state index is 13.2. The van der Waals surface area contributed by atoms with Crippen LogP contribution in [0.3, 0.4) is 0 Å². The highest BCUT2D eigenvalue weighted by atomic mass is 19.4. The van der Waals surface area contributed by atoms with Gasteiger partial charge >= 0.3 is 6.18 Å². The largest absolute Gasteiger partial charge is 0.416 e. The van der Waals surface area contributed by atoms with E-state index in [-0.39, 0.29) is 0 Å². The molecule has 4 nitrogen and oxygen atoms in total. The van der Waals surface area contributed by atoms with Gasteiger partial charge in [0.25, 0.3) is 0 Å². The average molecular weight is 420 g/mol. The summed E-state index contributed by atoms with van der Waals surface area (Å²) >= 11 is 0. The number of nitrogens with zero attached hydrogens (tertiary/aromatic N) is 4. The molecule has 0 N–H and O–H groups in total. The van der Waals surface area contributed by atoms with E-state index in [4.69, 9.17) is 0 Å². The Balaban J connectivity index is 1.79. The number of pyridine rings is 1. The molecule has 7 heteroatoms. The molecular formula is C24H19F3N4. The molecule has 0 unspecified atom stereocenters. The molecule has 4 rings (SSSR count). The fraction of sp³-hybridized carbons (Fsp3) is 0.125. The maximum Gasteiger partial charge on any atom is 0.416 e. The minimum absolute atomic E-state index is 0.372. The van der Waals surface area contributed by atoms with Crippen molar-refractivity contribution in [1.82, 2.24) is 15.0 Å². The van der Waals surface area contributed by atoms with E-state index in [1.165, 1.54) is 6.07 Å². The Hall–Kier alpha value is -3.74. The zero-order valence-corrected chi connectivity index (χ0v) is 16.7. The van der Waals surface area contributed by atoms with Crippen molar-refractivity contribution < 1.29 is 13.2 Å². The van der Waals surface area contributed by atoms with Gasteiger partial charge in [-0.1, -0.05) is 42.5 Å². The first-order valence-corrected chi connectivity index (χ1v) is 9.62. The quantitative estimate of drug-likeness (QED) is 0.406. The number of hydrogen-bond acceptors (Lipinski definition) is 4. The number of halogens is 3. The fourth-order valence-electron chi connectivity index (χ4n) is 3.20. The summed E-state index contributed by atoms with van der Waals surface area (Å²) in [4.78, 5) is 15.2. The highest BCUT2D eigenvalue weighted by molar-refractivity contribution is 5.68. The molecule has 0 aliphatic carbocycles. The minimum atomic E-state index is -4.43. The van der Waals surface area contributed by atoms with Crippen molar-refractivity contribution in [2.45, 2.75) is 12.7 Å². The Kier molecular flexibility index (Phi) is 5.66. The van der Waals surface area contributed by atoms with Gasteiger partial charge in [0, 0.05) is 43.2 Å². The summed E-state index contributed by atoms with van der Waals surface area (Å²) in [5, 5.41) is 0. The van der Waals surface area contributed by atoms with Crippen molar-refractivity contribution in [2.24, 2.45) is 0 Å². The summed E-state index contributed by atoms with van der Waals surface area (Å²) in [5.74, 6) is 1.00. The van der Waals surface area contributed by atoms with Crippen LogP contribution in [0.1, 0.15) is 11.1 Å². The molecule has 4 aromatic rings. The van der Waals surface area contributed by atoms with Crippen molar-refractivity contribution in [2.75, 3.05) is 11.9 Å². The summed E-state index contributed by atoms with van der Waals surface area (Å²) in [6, 6.07) is 20.3. The molecule has 156 valence electrons. The Morgan fingerprint density at radius 2 is 1.61 bits per heavy atom. The first kappa shape index (κ1) is 20.5. The van der Waals surface area contributed by atoms with Gasteiger partial charge in [0.05, 0.1) is 11.3 Å². The average Bonchev–Trinajstić information content (AvgIpc) is 2.79. The van der Waals surface area contributed by atoms with Crippen LogP contribution < -0.4 is 4.90 Å². The first-order chi connectivity index (χ1) is 14.9. The van der Waals surface area contributed by atoms with Gasteiger partial charge in [-0.05, 0) is 29.8 Å². The summed E-state index contributed by atoms with van der Waals surface area (Å²) in [5.41, 5.74) is 1.84. The zero-order valence-electron chi connectivity index (χ0n) is 16.7. The SMILES string of the molecule is CN(Cc1ccccc1)c1cc(-c2cccc(C(F)(F)F)c2)nc(-c2cccnc2)n1. The molecule has 0 amide bonds. The number of rotatable bonds is 5. The molecule has 0 saturated carbocycles. The van der Waals surface area contributed by atoms with Gasteiger partial charge in [-0.3, -0.25) is 4.98 Å². The second kappa shape index (κ2) is 8.55. The lowest BCUT2D eigenvalue weighted by atomic mass is 10.1. The normalized spacial score (nSPS) is 11.4. The van der Waals surface area contributed by atoms with Crippen molar-refractivity contribution in [3.05, 3.63) is 96.3 Å². The Labute approximate surface area is 178 Å². The molecule has 2 aromatic carbocycles. The lowest BCUT2D eigenvalue weighted by molar-refractivity contribution is -0.137. The van der Waals surface area contributed by atoms with Crippen LogP contribution >= 0.6 is 0 Å². The Bertz CT molecular complexity index is 1160. The smallest absolute Gasteiger partial charge is 0.355 e. The molecule has 2 aromatic heterocycles. The van der Waals surface area contributed by atoms with E-state index in [0.29, 0.717) is 35.0 Å². The molecule has 0 spiro atoms. The van der Waals surface area contributed by atoms with Crippen LogP contribution in [-0.4, -0.2) is 22.0 Å². The fourth-order valence-corrected chi connectivity index (χ4v) is 3.20. The maximum absolute atomic E-state index is 13.2. The standard InChI is InChI=1S/C24H19F3N4/c1-31(16-17-7-3-2-4-8-17)22-14-21(18-9-5-11-20(13-18)24(25,26)27)29-23(30-22)19-10-6-12-28-15-19/h2-15H,16H2,1H3. The van der Waals surface area contributed by atoms with E-state index in [0.717, 1.165) is 17.7 Å². The molecule has 0 aliphatic rings. The van der Waals surface area contributed by atoms with Gasteiger partial charge in [0.15, 0.2) is 5.82 Å². The Morgan fingerprint density at radius 1 is 0.839 bits per heavy atom. The summed E-state index contributed by atoms with van der Waals surface area (Å²) in [7, 11) is 1.89. The second-order valence-electron chi connectivity index (χ2n) is 7.10. The van der Waals surface area contributed by atoms with E-state index in [9.17, 15) is 13.2 Å². The lowest BCUT2D eigenvalue weighted by Crippen LogP contribution is -2.18. The molecule has 2 heterocycles. The van der Waals surface area contributed by atoms with Crippen molar-refractivity contribution in [3.8, 4) is 22.6 Å². The van der Waals surface area contributed by atoms with Gasteiger partial charge in [-0.2, -0.15) is 13.2 Å².